The molecule has 4 heteroatoms. The second-order valence-electron chi connectivity index (χ2n) is 5.44. The van der Waals surface area contributed by atoms with Gasteiger partial charge in [0, 0.05) is 11.7 Å². The molecule has 1 aliphatic rings. The van der Waals surface area contributed by atoms with Gasteiger partial charge in [0.05, 0.1) is 0 Å². The Morgan fingerprint density at radius 3 is 2.43 bits per heavy atom. The van der Waals surface area contributed by atoms with Gasteiger partial charge < -0.3 is 10.6 Å². The second-order valence-corrected chi connectivity index (χ2v) is 5.44. The van der Waals surface area contributed by atoms with Crippen molar-refractivity contribution in [3.8, 4) is 0 Å². The van der Waals surface area contributed by atoms with Crippen molar-refractivity contribution < 1.29 is 9.18 Å². The third-order valence-electron chi connectivity index (χ3n) is 3.82. The summed E-state index contributed by atoms with van der Waals surface area (Å²) in [6.07, 6.45) is 1.68. The van der Waals surface area contributed by atoms with Gasteiger partial charge in [-0.15, -0.1) is 0 Å². The summed E-state index contributed by atoms with van der Waals surface area (Å²) in [6, 6.07) is 12.7. The quantitative estimate of drug-likeness (QED) is 0.871. The molecule has 1 aliphatic carbocycles. The molecular formula is C17H17FN2O. The summed E-state index contributed by atoms with van der Waals surface area (Å²) < 4.78 is 13.4. The molecule has 0 radical (unpaired) electrons. The lowest BCUT2D eigenvalue weighted by atomic mass is 10.1. The number of urea groups is 1. The maximum Gasteiger partial charge on any atom is 0.319 e. The minimum atomic E-state index is -0.318. The summed E-state index contributed by atoms with van der Waals surface area (Å²) in [7, 11) is 0. The molecule has 0 atom stereocenters. The Bertz CT molecular complexity index is 659. The van der Waals surface area contributed by atoms with E-state index in [1.165, 1.54) is 17.2 Å². The van der Waals surface area contributed by atoms with Crippen LogP contribution in [0.4, 0.5) is 14.9 Å². The molecule has 0 aromatic heterocycles. The number of rotatable bonds is 2. The van der Waals surface area contributed by atoms with Crippen LogP contribution in [0.15, 0.2) is 42.5 Å². The number of benzene rings is 2. The van der Waals surface area contributed by atoms with Gasteiger partial charge >= 0.3 is 6.03 Å². The van der Waals surface area contributed by atoms with Gasteiger partial charge in [-0.3, -0.25) is 0 Å². The Kier molecular flexibility index (Phi) is 3.60. The molecule has 0 heterocycles. The predicted octanol–water partition coefficient (Wildman–Crippen LogP) is 3.42. The summed E-state index contributed by atoms with van der Waals surface area (Å²) in [5.41, 5.74) is 3.59. The first-order valence-corrected chi connectivity index (χ1v) is 7.02. The zero-order valence-corrected chi connectivity index (χ0v) is 11.8. The molecule has 2 aromatic carbocycles. The fourth-order valence-corrected chi connectivity index (χ4v) is 2.68. The van der Waals surface area contributed by atoms with Gasteiger partial charge in [-0.2, -0.15) is 0 Å². The van der Waals surface area contributed by atoms with Gasteiger partial charge in [-0.1, -0.05) is 30.3 Å². The van der Waals surface area contributed by atoms with E-state index >= 15 is 0 Å². The van der Waals surface area contributed by atoms with Gasteiger partial charge in [0.25, 0.3) is 0 Å². The van der Waals surface area contributed by atoms with Crippen molar-refractivity contribution in [1.82, 2.24) is 5.32 Å². The van der Waals surface area contributed by atoms with Crippen LogP contribution in [0, 0.1) is 12.7 Å². The SMILES string of the molecule is Cc1ccc(NC(=O)NC2Cc3ccccc3C2)cc1F. The van der Waals surface area contributed by atoms with E-state index in [1.807, 2.05) is 12.1 Å². The summed E-state index contributed by atoms with van der Waals surface area (Å²) in [5.74, 6) is -0.318. The largest absolute Gasteiger partial charge is 0.334 e. The Morgan fingerprint density at radius 1 is 1.14 bits per heavy atom. The van der Waals surface area contributed by atoms with Crippen LogP contribution < -0.4 is 10.6 Å². The highest BCUT2D eigenvalue weighted by atomic mass is 19.1. The number of carbonyl (C=O) groups excluding carboxylic acids is 1. The molecule has 0 saturated heterocycles. The highest BCUT2D eigenvalue weighted by Gasteiger charge is 2.22. The van der Waals surface area contributed by atoms with Crippen LogP contribution in [-0.4, -0.2) is 12.1 Å². The van der Waals surface area contributed by atoms with Crippen molar-refractivity contribution in [2.45, 2.75) is 25.8 Å². The Balaban J connectivity index is 1.59. The molecule has 0 spiro atoms. The summed E-state index contributed by atoms with van der Waals surface area (Å²) in [4.78, 5) is 12.0. The number of carbonyl (C=O) groups is 1. The number of hydrogen-bond acceptors (Lipinski definition) is 1. The highest BCUT2D eigenvalue weighted by Crippen LogP contribution is 2.21. The smallest absolute Gasteiger partial charge is 0.319 e. The molecule has 21 heavy (non-hydrogen) atoms. The monoisotopic (exact) mass is 284 g/mol. The van der Waals surface area contributed by atoms with E-state index in [2.05, 4.69) is 22.8 Å². The number of nitrogens with one attached hydrogen (secondary N) is 2. The average Bonchev–Trinajstić information content (AvgIpc) is 2.84. The van der Waals surface area contributed by atoms with Crippen LogP contribution in [-0.2, 0) is 12.8 Å². The molecular weight excluding hydrogens is 267 g/mol. The van der Waals surface area contributed by atoms with E-state index in [9.17, 15) is 9.18 Å². The third kappa shape index (κ3) is 3.05. The fourth-order valence-electron chi connectivity index (χ4n) is 2.68. The topological polar surface area (TPSA) is 41.1 Å². The van der Waals surface area contributed by atoms with Crippen LogP contribution in [0.25, 0.3) is 0 Å². The lowest BCUT2D eigenvalue weighted by molar-refractivity contribution is 0.249. The first-order chi connectivity index (χ1) is 10.1. The van der Waals surface area contributed by atoms with E-state index < -0.39 is 0 Å². The maximum absolute atomic E-state index is 13.4. The minimum absolute atomic E-state index is 0.0951. The molecule has 0 unspecified atom stereocenters. The lowest BCUT2D eigenvalue weighted by Crippen LogP contribution is -2.38. The standard InChI is InChI=1S/C17H17FN2O/c1-11-6-7-14(10-16(11)18)19-17(21)20-15-8-12-4-2-3-5-13(12)9-15/h2-7,10,15H,8-9H2,1H3,(H2,19,20,21). The molecule has 0 fully saturated rings. The molecule has 0 bridgehead atoms. The Morgan fingerprint density at radius 2 is 1.81 bits per heavy atom. The number of hydrogen-bond donors (Lipinski definition) is 2. The average molecular weight is 284 g/mol. The number of anilines is 1. The van der Waals surface area contributed by atoms with Crippen molar-refractivity contribution in [2.75, 3.05) is 5.32 Å². The zero-order valence-electron chi connectivity index (χ0n) is 11.8. The van der Waals surface area contributed by atoms with E-state index in [-0.39, 0.29) is 17.9 Å². The molecule has 108 valence electrons. The van der Waals surface area contributed by atoms with Crippen molar-refractivity contribution >= 4 is 11.7 Å². The van der Waals surface area contributed by atoms with Crippen molar-refractivity contribution in [2.24, 2.45) is 0 Å². The molecule has 2 N–H and O–H groups in total. The number of amides is 2. The van der Waals surface area contributed by atoms with E-state index in [0.29, 0.717) is 11.3 Å². The lowest BCUT2D eigenvalue weighted by Gasteiger charge is -2.13. The molecule has 0 saturated carbocycles. The van der Waals surface area contributed by atoms with Gasteiger partial charge in [0.15, 0.2) is 0 Å². The summed E-state index contributed by atoms with van der Waals surface area (Å²) in [6.45, 7) is 1.69. The summed E-state index contributed by atoms with van der Waals surface area (Å²) in [5, 5.41) is 5.61. The molecule has 3 rings (SSSR count). The number of fused-ring (bicyclic) bond motifs is 1. The molecule has 2 aromatic rings. The highest BCUT2D eigenvalue weighted by molar-refractivity contribution is 5.89. The van der Waals surface area contributed by atoms with Crippen LogP contribution in [0.5, 0.6) is 0 Å². The van der Waals surface area contributed by atoms with Crippen LogP contribution in [0.3, 0.4) is 0 Å². The van der Waals surface area contributed by atoms with Crippen LogP contribution in [0.2, 0.25) is 0 Å². The molecule has 0 aliphatic heterocycles. The van der Waals surface area contributed by atoms with Crippen LogP contribution >= 0.6 is 0 Å². The Hall–Kier alpha value is -2.36. The number of halogens is 1. The third-order valence-corrected chi connectivity index (χ3v) is 3.82. The zero-order chi connectivity index (χ0) is 14.8. The fraction of sp³-hybridized carbons (Fsp3) is 0.235. The van der Waals surface area contributed by atoms with Gasteiger partial charge in [0.2, 0.25) is 0 Å². The van der Waals surface area contributed by atoms with Gasteiger partial charge in [-0.25, -0.2) is 9.18 Å². The van der Waals surface area contributed by atoms with E-state index in [0.717, 1.165) is 12.8 Å². The first kappa shape index (κ1) is 13.6. The Labute approximate surface area is 123 Å². The predicted molar refractivity (Wildman–Crippen MR) is 80.9 cm³/mol. The second kappa shape index (κ2) is 5.56. The van der Waals surface area contributed by atoms with Crippen molar-refractivity contribution in [1.29, 1.82) is 0 Å². The molecule has 3 nitrogen and oxygen atoms in total. The van der Waals surface area contributed by atoms with Gasteiger partial charge in [0.1, 0.15) is 5.82 Å². The van der Waals surface area contributed by atoms with Crippen LogP contribution in [0.1, 0.15) is 16.7 Å². The number of aryl methyl sites for hydroxylation is 1. The van der Waals surface area contributed by atoms with Gasteiger partial charge in [-0.05, 0) is 48.6 Å². The van der Waals surface area contributed by atoms with Crippen molar-refractivity contribution in [3.63, 3.8) is 0 Å². The van der Waals surface area contributed by atoms with E-state index in [4.69, 9.17) is 0 Å². The normalized spacial score (nSPS) is 13.8. The van der Waals surface area contributed by atoms with Crippen molar-refractivity contribution in [3.05, 3.63) is 65.0 Å². The molecule has 2 amide bonds. The first-order valence-electron chi connectivity index (χ1n) is 7.02. The maximum atomic E-state index is 13.4. The minimum Gasteiger partial charge on any atom is -0.334 e. The summed E-state index contributed by atoms with van der Waals surface area (Å²) >= 11 is 0. The van der Waals surface area contributed by atoms with E-state index in [1.54, 1.807) is 19.1 Å².